The van der Waals surface area contributed by atoms with E-state index >= 15 is 0 Å². The summed E-state index contributed by atoms with van der Waals surface area (Å²) in [6.07, 6.45) is 0.516. The van der Waals surface area contributed by atoms with Crippen molar-refractivity contribution in [3.63, 3.8) is 0 Å². The monoisotopic (exact) mass is 444 g/mol. The van der Waals surface area contributed by atoms with Crippen LogP contribution in [0.1, 0.15) is 37.5 Å². The lowest BCUT2D eigenvalue weighted by molar-refractivity contribution is -0.134. The van der Waals surface area contributed by atoms with Crippen LogP contribution in [0, 0.1) is 5.92 Å². The van der Waals surface area contributed by atoms with E-state index in [4.69, 9.17) is 21.1 Å². The normalized spacial score (nSPS) is 15.8. The van der Waals surface area contributed by atoms with Gasteiger partial charge in [0.05, 0.1) is 19.8 Å². The van der Waals surface area contributed by atoms with Crippen LogP contribution >= 0.6 is 11.6 Å². The molecule has 0 N–H and O–H groups in total. The minimum Gasteiger partial charge on any atom is -0.497 e. The summed E-state index contributed by atoms with van der Waals surface area (Å²) in [4.78, 5) is 16.7. The Morgan fingerprint density at radius 1 is 1.06 bits per heavy atom. The number of rotatable bonds is 9. The van der Waals surface area contributed by atoms with Gasteiger partial charge in [0, 0.05) is 44.2 Å². The highest BCUT2D eigenvalue weighted by molar-refractivity contribution is 6.30. The molecule has 5 nitrogen and oxygen atoms in total. The fourth-order valence-electron chi connectivity index (χ4n) is 3.81. The van der Waals surface area contributed by atoms with Gasteiger partial charge in [-0.1, -0.05) is 49.7 Å². The lowest BCUT2D eigenvalue weighted by Crippen LogP contribution is -2.49. The Balaban J connectivity index is 1.65. The highest BCUT2D eigenvalue weighted by atomic mass is 35.5. The van der Waals surface area contributed by atoms with E-state index in [0.717, 1.165) is 49.6 Å². The molecule has 1 fully saturated rings. The predicted octanol–water partition coefficient (Wildman–Crippen LogP) is 4.80. The minimum absolute atomic E-state index is 0.105. The minimum atomic E-state index is -0.105. The summed E-state index contributed by atoms with van der Waals surface area (Å²) in [5.74, 6) is 1.47. The van der Waals surface area contributed by atoms with E-state index in [0.29, 0.717) is 24.0 Å². The molecule has 1 amide bonds. The molecule has 1 aliphatic rings. The zero-order valence-electron chi connectivity index (χ0n) is 18.7. The first kappa shape index (κ1) is 23.6. The quantitative estimate of drug-likeness (QED) is 0.557. The van der Waals surface area contributed by atoms with E-state index in [1.807, 2.05) is 47.4 Å². The molecule has 2 aromatic carbocycles. The van der Waals surface area contributed by atoms with Crippen molar-refractivity contribution in [2.45, 2.75) is 33.0 Å². The number of hydrogen-bond acceptors (Lipinski definition) is 4. The predicted molar refractivity (Wildman–Crippen MR) is 124 cm³/mol. The van der Waals surface area contributed by atoms with E-state index in [9.17, 15) is 4.79 Å². The summed E-state index contributed by atoms with van der Waals surface area (Å²) in [6.45, 7) is 8.66. The summed E-state index contributed by atoms with van der Waals surface area (Å²) in [6, 6.07) is 15.8. The Bertz CT molecular complexity index is 850. The van der Waals surface area contributed by atoms with Crippen LogP contribution in [0.4, 0.5) is 0 Å². The molecule has 0 unspecified atom stereocenters. The summed E-state index contributed by atoms with van der Waals surface area (Å²) >= 11 is 6.13. The highest BCUT2D eigenvalue weighted by Gasteiger charge is 2.24. The van der Waals surface area contributed by atoms with Crippen LogP contribution in [0.3, 0.4) is 0 Å². The van der Waals surface area contributed by atoms with E-state index in [2.05, 4.69) is 24.8 Å². The number of halogens is 1. The molecule has 0 radical (unpaired) electrons. The summed E-state index contributed by atoms with van der Waals surface area (Å²) in [7, 11) is 1.67. The summed E-state index contributed by atoms with van der Waals surface area (Å²) in [5, 5.41) is 0.709. The van der Waals surface area contributed by atoms with Crippen molar-refractivity contribution in [3.05, 3.63) is 64.7 Å². The number of amides is 1. The maximum Gasteiger partial charge on any atom is 0.222 e. The van der Waals surface area contributed by atoms with Crippen LogP contribution < -0.4 is 4.74 Å². The van der Waals surface area contributed by atoms with Crippen molar-refractivity contribution in [1.82, 2.24) is 9.80 Å². The zero-order chi connectivity index (χ0) is 22.2. The van der Waals surface area contributed by atoms with Crippen LogP contribution in [0.2, 0.25) is 5.02 Å². The van der Waals surface area contributed by atoms with Gasteiger partial charge in [0.1, 0.15) is 5.75 Å². The average molecular weight is 445 g/mol. The third-order valence-corrected chi connectivity index (χ3v) is 5.77. The van der Waals surface area contributed by atoms with Gasteiger partial charge in [-0.2, -0.15) is 0 Å². The third-order valence-electron chi connectivity index (χ3n) is 5.54. The van der Waals surface area contributed by atoms with Gasteiger partial charge in [-0.05, 0) is 41.3 Å². The Morgan fingerprint density at radius 2 is 1.81 bits per heavy atom. The standard InChI is InChI=1S/C25H33ClN2O3/c1-19(2)14-25(29)28-12-10-27(11-13-28)17-24(21-7-5-9-23(16-21)30-3)31-18-20-6-4-8-22(26)15-20/h4-9,15-16,19,24H,10-14,17-18H2,1-3H3/t24-/m1/s1. The maximum absolute atomic E-state index is 12.4. The Kier molecular flexibility index (Phi) is 8.76. The lowest BCUT2D eigenvalue weighted by Gasteiger charge is -2.36. The molecule has 31 heavy (non-hydrogen) atoms. The van der Waals surface area contributed by atoms with Crippen LogP contribution in [-0.4, -0.2) is 55.5 Å². The van der Waals surface area contributed by atoms with Crippen LogP contribution in [0.25, 0.3) is 0 Å². The molecular formula is C25H33ClN2O3. The summed E-state index contributed by atoms with van der Waals surface area (Å²) < 4.78 is 11.8. The van der Waals surface area contributed by atoms with Gasteiger partial charge < -0.3 is 14.4 Å². The number of methoxy groups -OCH3 is 1. The number of ether oxygens (including phenoxy) is 2. The first-order valence-corrected chi connectivity index (χ1v) is 11.3. The van der Waals surface area contributed by atoms with Crippen molar-refractivity contribution >= 4 is 17.5 Å². The Morgan fingerprint density at radius 3 is 2.48 bits per heavy atom. The number of nitrogens with zero attached hydrogens (tertiary/aromatic N) is 2. The van der Waals surface area contributed by atoms with Crippen LogP contribution in [0.15, 0.2) is 48.5 Å². The summed E-state index contributed by atoms with van der Waals surface area (Å²) in [5.41, 5.74) is 2.13. The molecule has 6 heteroatoms. The topological polar surface area (TPSA) is 42.0 Å². The molecule has 168 valence electrons. The van der Waals surface area contributed by atoms with Crippen molar-refractivity contribution in [1.29, 1.82) is 0 Å². The first-order chi connectivity index (χ1) is 14.9. The van der Waals surface area contributed by atoms with Gasteiger partial charge in [0.15, 0.2) is 0 Å². The average Bonchev–Trinajstić information content (AvgIpc) is 2.76. The van der Waals surface area contributed by atoms with Gasteiger partial charge >= 0.3 is 0 Å². The van der Waals surface area contributed by atoms with E-state index in [1.54, 1.807) is 7.11 Å². The van der Waals surface area contributed by atoms with Gasteiger partial charge in [0.25, 0.3) is 0 Å². The molecule has 1 heterocycles. The molecule has 0 saturated carbocycles. The van der Waals surface area contributed by atoms with Gasteiger partial charge in [0.2, 0.25) is 5.91 Å². The zero-order valence-corrected chi connectivity index (χ0v) is 19.5. The number of hydrogen-bond donors (Lipinski definition) is 0. The molecule has 2 aromatic rings. The Hall–Kier alpha value is -2.08. The second kappa shape index (κ2) is 11.5. The molecule has 0 bridgehead atoms. The molecule has 1 aliphatic heterocycles. The van der Waals surface area contributed by atoms with Gasteiger partial charge in [-0.15, -0.1) is 0 Å². The van der Waals surface area contributed by atoms with E-state index in [1.165, 1.54) is 0 Å². The van der Waals surface area contributed by atoms with Crippen molar-refractivity contribution in [3.8, 4) is 5.75 Å². The molecule has 1 atom stereocenters. The number of carbonyl (C=O) groups excluding carboxylic acids is 1. The number of benzene rings is 2. The van der Waals surface area contributed by atoms with Crippen LogP contribution in [-0.2, 0) is 16.1 Å². The molecule has 3 rings (SSSR count). The fraction of sp³-hybridized carbons (Fsp3) is 0.480. The molecular weight excluding hydrogens is 412 g/mol. The van der Waals surface area contributed by atoms with Crippen LogP contribution in [0.5, 0.6) is 5.75 Å². The second-order valence-corrected chi connectivity index (χ2v) is 8.92. The highest BCUT2D eigenvalue weighted by Crippen LogP contribution is 2.25. The van der Waals surface area contributed by atoms with E-state index < -0.39 is 0 Å². The van der Waals surface area contributed by atoms with Gasteiger partial charge in [-0.3, -0.25) is 9.69 Å². The molecule has 1 saturated heterocycles. The first-order valence-electron chi connectivity index (χ1n) is 10.9. The third kappa shape index (κ3) is 7.23. The number of carbonyl (C=O) groups is 1. The van der Waals surface area contributed by atoms with Gasteiger partial charge in [-0.25, -0.2) is 0 Å². The molecule has 0 spiro atoms. The molecule has 0 aromatic heterocycles. The SMILES string of the molecule is COc1cccc([C@@H](CN2CCN(C(=O)CC(C)C)CC2)OCc2cccc(Cl)c2)c1. The maximum atomic E-state index is 12.4. The lowest BCUT2D eigenvalue weighted by atomic mass is 10.1. The van der Waals surface area contributed by atoms with E-state index in [-0.39, 0.29) is 12.0 Å². The van der Waals surface area contributed by atoms with Crippen molar-refractivity contribution in [2.75, 3.05) is 39.8 Å². The molecule has 0 aliphatic carbocycles. The Labute approximate surface area is 190 Å². The van der Waals surface area contributed by atoms with Crippen molar-refractivity contribution < 1.29 is 14.3 Å². The number of piperazine rings is 1. The second-order valence-electron chi connectivity index (χ2n) is 8.49. The fourth-order valence-corrected chi connectivity index (χ4v) is 4.03. The smallest absolute Gasteiger partial charge is 0.222 e. The van der Waals surface area contributed by atoms with Crippen molar-refractivity contribution in [2.24, 2.45) is 5.92 Å². The largest absolute Gasteiger partial charge is 0.497 e.